The normalized spacial score (nSPS) is 21.5. The van der Waals surface area contributed by atoms with Crippen molar-refractivity contribution in [3.05, 3.63) is 70.5 Å². The summed E-state index contributed by atoms with van der Waals surface area (Å²) in [5.41, 5.74) is 1.85. The highest BCUT2D eigenvalue weighted by atomic mass is 35.5. The van der Waals surface area contributed by atoms with Gasteiger partial charge in [0, 0.05) is 37.1 Å². The summed E-state index contributed by atoms with van der Waals surface area (Å²) in [6.07, 6.45) is 1.10. The molecule has 0 N–H and O–H groups in total. The highest BCUT2D eigenvalue weighted by Crippen LogP contribution is 2.48. The van der Waals surface area contributed by atoms with Gasteiger partial charge in [-0.2, -0.15) is 0 Å². The van der Waals surface area contributed by atoms with Gasteiger partial charge < -0.3 is 9.80 Å². The zero-order chi connectivity index (χ0) is 19.7. The first-order chi connectivity index (χ1) is 13.5. The van der Waals surface area contributed by atoms with Crippen LogP contribution in [0, 0.1) is 11.7 Å². The van der Waals surface area contributed by atoms with E-state index in [1.807, 2.05) is 23.1 Å². The third kappa shape index (κ3) is 4.04. The molecule has 1 aliphatic heterocycles. The van der Waals surface area contributed by atoms with Crippen molar-refractivity contribution in [3.8, 4) is 0 Å². The van der Waals surface area contributed by atoms with Crippen LogP contribution in [0.25, 0.3) is 0 Å². The minimum atomic E-state index is -0.259. The monoisotopic (exact) mass is 400 g/mol. The van der Waals surface area contributed by atoms with Gasteiger partial charge in [-0.3, -0.25) is 9.59 Å². The molecule has 1 heterocycles. The van der Waals surface area contributed by atoms with Gasteiger partial charge in [-0.25, -0.2) is 4.39 Å². The lowest BCUT2D eigenvalue weighted by atomic mass is 10.1. The molecular weight excluding hydrogens is 379 g/mol. The molecule has 1 saturated carbocycles. The van der Waals surface area contributed by atoms with E-state index in [-0.39, 0.29) is 35.9 Å². The Morgan fingerprint density at radius 3 is 2.29 bits per heavy atom. The third-order valence-corrected chi connectivity index (χ3v) is 6.02. The average Bonchev–Trinajstić information content (AvgIpc) is 3.51. The van der Waals surface area contributed by atoms with Gasteiger partial charge in [-0.1, -0.05) is 41.9 Å². The standard InChI is InChI=1S/C22H22ClFN2O2/c23-20-4-2-1-3-16(20)13-21(27)25-9-11-26(12-10-25)22(28)19-14-18(19)15-5-7-17(24)8-6-15/h1-8,18-19H,9-14H2. The maximum absolute atomic E-state index is 13.1. The van der Waals surface area contributed by atoms with Crippen molar-refractivity contribution in [2.24, 2.45) is 5.92 Å². The van der Waals surface area contributed by atoms with Gasteiger partial charge in [0.1, 0.15) is 5.82 Å². The zero-order valence-electron chi connectivity index (χ0n) is 15.5. The van der Waals surface area contributed by atoms with Crippen LogP contribution in [0.15, 0.2) is 48.5 Å². The van der Waals surface area contributed by atoms with Crippen LogP contribution in [0.4, 0.5) is 4.39 Å². The summed E-state index contributed by atoms with van der Waals surface area (Å²) in [7, 11) is 0. The summed E-state index contributed by atoms with van der Waals surface area (Å²) >= 11 is 6.14. The van der Waals surface area contributed by atoms with E-state index < -0.39 is 0 Å². The molecule has 4 rings (SSSR count). The number of benzene rings is 2. The molecule has 1 saturated heterocycles. The second-order valence-corrected chi connectivity index (χ2v) is 7.88. The molecule has 0 spiro atoms. The fraction of sp³-hybridized carbons (Fsp3) is 0.364. The second-order valence-electron chi connectivity index (χ2n) is 7.47. The van der Waals surface area contributed by atoms with Crippen LogP contribution in [0.5, 0.6) is 0 Å². The van der Waals surface area contributed by atoms with Crippen LogP contribution in [0.3, 0.4) is 0 Å². The van der Waals surface area contributed by atoms with Gasteiger partial charge in [0.2, 0.25) is 11.8 Å². The first-order valence-electron chi connectivity index (χ1n) is 9.58. The van der Waals surface area contributed by atoms with E-state index in [4.69, 9.17) is 11.6 Å². The predicted octanol–water partition coefficient (Wildman–Crippen LogP) is 3.50. The number of nitrogens with zero attached hydrogens (tertiary/aromatic N) is 2. The van der Waals surface area contributed by atoms with Gasteiger partial charge in [-0.15, -0.1) is 0 Å². The molecule has 28 heavy (non-hydrogen) atoms. The predicted molar refractivity (Wildman–Crippen MR) is 106 cm³/mol. The maximum Gasteiger partial charge on any atom is 0.227 e. The summed E-state index contributed by atoms with van der Waals surface area (Å²) in [5, 5.41) is 0.602. The quantitative estimate of drug-likeness (QED) is 0.788. The minimum absolute atomic E-state index is 0.0177. The lowest BCUT2D eigenvalue weighted by molar-refractivity contribution is -0.140. The van der Waals surface area contributed by atoms with E-state index >= 15 is 0 Å². The molecule has 2 fully saturated rings. The van der Waals surface area contributed by atoms with Crippen LogP contribution in [0.1, 0.15) is 23.5 Å². The second kappa shape index (κ2) is 7.92. The van der Waals surface area contributed by atoms with Crippen LogP contribution in [-0.4, -0.2) is 47.8 Å². The van der Waals surface area contributed by atoms with E-state index in [9.17, 15) is 14.0 Å². The topological polar surface area (TPSA) is 40.6 Å². The smallest absolute Gasteiger partial charge is 0.227 e. The molecule has 2 amide bonds. The molecule has 146 valence electrons. The van der Waals surface area contributed by atoms with Crippen LogP contribution in [-0.2, 0) is 16.0 Å². The Morgan fingerprint density at radius 2 is 1.61 bits per heavy atom. The molecule has 4 nitrogen and oxygen atoms in total. The van der Waals surface area contributed by atoms with Gasteiger partial charge >= 0.3 is 0 Å². The van der Waals surface area contributed by atoms with Gasteiger partial charge in [0.15, 0.2) is 0 Å². The van der Waals surface area contributed by atoms with Crippen molar-refractivity contribution in [3.63, 3.8) is 0 Å². The van der Waals surface area contributed by atoms with Crippen LogP contribution in [0.2, 0.25) is 5.02 Å². The number of carbonyl (C=O) groups is 2. The van der Waals surface area contributed by atoms with Crippen molar-refractivity contribution < 1.29 is 14.0 Å². The molecule has 1 aliphatic carbocycles. The summed E-state index contributed by atoms with van der Waals surface area (Å²) in [4.78, 5) is 29.0. The lowest BCUT2D eigenvalue weighted by Crippen LogP contribution is -2.51. The molecule has 0 bridgehead atoms. The third-order valence-electron chi connectivity index (χ3n) is 5.65. The van der Waals surface area contributed by atoms with Crippen molar-refractivity contribution in [1.82, 2.24) is 9.80 Å². The van der Waals surface area contributed by atoms with Crippen molar-refractivity contribution >= 4 is 23.4 Å². The number of hydrogen-bond acceptors (Lipinski definition) is 2. The van der Waals surface area contributed by atoms with Crippen molar-refractivity contribution in [1.29, 1.82) is 0 Å². The number of piperazine rings is 1. The van der Waals surface area contributed by atoms with Crippen LogP contribution >= 0.6 is 11.6 Å². The molecule has 2 unspecified atom stereocenters. The first kappa shape index (κ1) is 18.9. The van der Waals surface area contributed by atoms with Gasteiger partial charge in [0.25, 0.3) is 0 Å². The Balaban J connectivity index is 1.28. The molecule has 2 atom stereocenters. The number of amides is 2. The first-order valence-corrected chi connectivity index (χ1v) is 9.96. The Kier molecular flexibility index (Phi) is 5.36. The summed E-state index contributed by atoms with van der Waals surface area (Å²) in [5.74, 6) is 0.0945. The zero-order valence-corrected chi connectivity index (χ0v) is 16.2. The molecule has 2 aromatic carbocycles. The van der Waals surface area contributed by atoms with E-state index in [2.05, 4.69) is 0 Å². The largest absolute Gasteiger partial charge is 0.339 e. The Labute approximate surface area is 168 Å². The number of hydrogen-bond donors (Lipinski definition) is 0. The molecule has 2 aromatic rings. The van der Waals surface area contributed by atoms with E-state index in [0.29, 0.717) is 31.2 Å². The summed E-state index contributed by atoms with van der Waals surface area (Å²) in [6, 6.07) is 13.8. The van der Waals surface area contributed by atoms with E-state index in [1.165, 1.54) is 12.1 Å². The molecule has 2 aliphatic rings. The Morgan fingerprint density at radius 1 is 0.964 bits per heavy atom. The van der Waals surface area contributed by atoms with Crippen molar-refractivity contribution in [2.45, 2.75) is 18.8 Å². The molecular formula is C22H22ClFN2O2. The maximum atomic E-state index is 13.1. The number of rotatable bonds is 4. The fourth-order valence-electron chi connectivity index (χ4n) is 3.87. The molecule has 6 heteroatoms. The average molecular weight is 401 g/mol. The SMILES string of the molecule is O=C(Cc1ccccc1Cl)N1CCN(C(=O)C2CC2c2ccc(F)cc2)CC1. The minimum Gasteiger partial charge on any atom is -0.339 e. The number of carbonyl (C=O) groups excluding carboxylic acids is 2. The number of halogens is 2. The highest BCUT2D eigenvalue weighted by molar-refractivity contribution is 6.31. The summed E-state index contributed by atoms with van der Waals surface area (Å²) in [6.45, 7) is 2.20. The lowest BCUT2D eigenvalue weighted by Gasteiger charge is -2.35. The Bertz CT molecular complexity index is 878. The summed E-state index contributed by atoms with van der Waals surface area (Å²) < 4.78 is 13.1. The fourth-order valence-corrected chi connectivity index (χ4v) is 4.08. The molecule has 0 radical (unpaired) electrons. The van der Waals surface area contributed by atoms with E-state index in [1.54, 1.807) is 23.1 Å². The van der Waals surface area contributed by atoms with Gasteiger partial charge in [-0.05, 0) is 41.7 Å². The van der Waals surface area contributed by atoms with Crippen LogP contribution < -0.4 is 0 Å². The van der Waals surface area contributed by atoms with E-state index in [0.717, 1.165) is 17.5 Å². The highest BCUT2D eigenvalue weighted by Gasteiger charge is 2.46. The van der Waals surface area contributed by atoms with Crippen molar-refractivity contribution in [2.75, 3.05) is 26.2 Å². The Hall–Kier alpha value is -2.40. The van der Waals surface area contributed by atoms with Gasteiger partial charge in [0.05, 0.1) is 6.42 Å². The molecule has 0 aromatic heterocycles.